The molecule has 2 aromatic carbocycles. The molecule has 0 unspecified atom stereocenters. The van der Waals surface area contributed by atoms with Crippen molar-refractivity contribution in [2.75, 3.05) is 0 Å². The van der Waals surface area contributed by atoms with Gasteiger partial charge in [-0.3, -0.25) is 0 Å². The summed E-state index contributed by atoms with van der Waals surface area (Å²) in [5.74, 6) is -0.0369. The predicted octanol–water partition coefficient (Wildman–Crippen LogP) is 1.84. The maximum absolute atomic E-state index is 5.23. The number of hydrogen-bond acceptors (Lipinski definition) is 2. The zero-order chi connectivity index (χ0) is 12.3. The monoisotopic (exact) mass is 226 g/mol. The summed E-state index contributed by atoms with van der Waals surface area (Å²) in [6.07, 6.45) is 0. The van der Waals surface area contributed by atoms with Gasteiger partial charge < -0.3 is 11.5 Å². The molecule has 4 nitrogen and oxygen atoms in total. The first-order valence-corrected chi connectivity index (χ1v) is 5.29. The van der Waals surface area contributed by atoms with Crippen LogP contribution in [-0.4, -0.2) is 11.7 Å². The first-order valence-electron chi connectivity index (χ1n) is 5.29. The number of nitrogens with zero attached hydrogens (tertiary/aromatic N) is 2. The van der Waals surface area contributed by atoms with Crippen molar-refractivity contribution in [3.63, 3.8) is 0 Å². The van der Waals surface area contributed by atoms with Gasteiger partial charge in [-0.15, -0.1) is 5.10 Å². The van der Waals surface area contributed by atoms with Gasteiger partial charge in [0.25, 0.3) is 0 Å². The highest BCUT2D eigenvalue weighted by Gasteiger charge is 1.99. The molecule has 0 spiro atoms. The van der Waals surface area contributed by atoms with E-state index >= 15 is 0 Å². The second kappa shape index (κ2) is 4.65. The van der Waals surface area contributed by atoms with Crippen LogP contribution >= 0.6 is 0 Å². The van der Waals surface area contributed by atoms with Gasteiger partial charge in [0.1, 0.15) is 0 Å². The molecule has 2 aromatic rings. The second-order valence-corrected chi connectivity index (χ2v) is 3.77. The quantitative estimate of drug-likeness (QED) is 0.465. The van der Waals surface area contributed by atoms with Gasteiger partial charge in [0, 0.05) is 0 Å². The molecule has 0 bridgehead atoms. The van der Waals surface area contributed by atoms with Gasteiger partial charge in [-0.2, -0.15) is 5.10 Å². The second-order valence-electron chi connectivity index (χ2n) is 3.77. The highest BCUT2D eigenvalue weighted by atomic mass is 15.3. The van der Waals surface area contributed by atoms with Crippen LogP contribution in [0.5, 0.6) is 0 Å². The van der Waals surface area contributed by atoms with E-state index < -0.39 is 0 Å². The number of rotatable bonds is 2. The molecular formula is C13H14N4. The molecule has 0 aromatic heterocycles. The van der Waals surface area contributed by atoms with E-state index in [4.69, 9.17) is 11.5 Å². The third-order valence-electron chi connectivity index (χ3n) is 2.48. The average Bonchev–Trinajstić information content (AvgIpc) is 2.35. The molecule has 86 valence electrons. The van der Waals surface area contributed by atoms with Crippen LogP contribution in [0.1, 0.15) is 12.5 Å². The van der Waals surface area contributed by atoms with E-state index in [1.165, 1.54) is 10.8 Å². The van der Waals surface area contributed by atoms with Crippen LogP contribution in [0.15, 0.2) is 52.7 Å². The number of fused-ring (bicyclic) bond motifs is 1. The lowest BCUT2D eigenvalue weighted by molar-refractivity contribution is 1.20. The van der Waals surface area contributed by atoms with Crippen molar-refractivity contribution in [2.45, 2.75) is 6.92 Å². The average molecular weight is 226 g/mol. The van der Waals surface area contributed by atoms with Crippen molar-refractivity contribution >= 4 is 22.4 Å². The molecule has 0 saturated heterocycles. The fraction of sp³-hybridized carbons (Fsp3) is 0.0769. The van der Waals surface area contributed by atoms with Crippen molar-refractivity contribution in [2.24, 2.45) is 21.7 Å². The van der Waals surface area contributed by atoms with E-state index in [0.717, 1.165) is 11.3 Å². The Labute approximate surface area is 99.6 Å². The summed E-state index contributed by atoms with van der Waals surface area (Å²) in [5.41, 5.74) is 12.2. The normalized spacial score (nSPS) is 11.5. The minimum Gasteiger partial charge on any atom is -0.369 e. The fourth-order valence-electron chi connectivity index (χ4n) is 1.60. The zero-order valence-corrected chi connectivity index (χ0v) is 9.59. The van der Waals surface area contributed by atoms with E-state index in [2.05, 4.69) is 34.5 Å². The number of guanidine groups is 1. The highest BCUT2D eigenvalue weighted by molar-refractivity contribution is 6.02. The summed E-state index contributed by atoms with van der Waals surface area (Å²) in [6, 6.07) is 14.3. The molecule has 0 saturated carbocycles. The van der Waals surface area contributed by atoms with E-state index in [-0.39, 0.29) is 5.96 Å². The van der Waals surface area contributed by atoms with Gasteiger partial charge in [0.05, 0.1) is 5.71 Å². The highest BCUT2D eigenvalue weighted by Crippen LogP contribution is 2.16. The maximum Gasteiger partial charge on any atom is 0.211 e. The Morgan fingerprint density at radius 1 is 0.941 bits per heavy atom. The van der Waals surface area contributed by atoms with Crippen molar-refractivity contribution in [3.05, 3.63) is 48.0 Å². The Balaban J connectivity index is 2.43. The van der Waals surface area contributed by atoms with Crippen molar-refractivity contribution in [1.82, 2.24) is 0 Å². The Morgan fingerprint density at radius 2 is 1.65 bits per heavy atom. The first kappa shape index (κ1) is 11.1. The van der Waals surface area contributed by atoms with Gasteiger partial charge in [0.2, 0.25) is 5.96 Å². The summed E-state index contributed by atoms with van der Waals surface area (Å²) < 4.78 is 0. The molecule has 2 rings (SSSR count). The summed E-state index contributed by atoms with van der Waals surface area (Å²) >= 11 is 0. The zero-order valence-electron chi connectivity index (χ0n) is 9.59. The van der Waals surface area contributed by atoms with Crippen molar-refractivity contribution in [1.29, 1.82) is 0 Å². The lowest BCUT2D eigenvalue weighted by Crippen LogP contribution is -2.22. The number of benzene rings is 2. The molecule has 17 heavy (non-hydrogen) atoms. The van der Waals surface area contributed by atoms with Crippen molar-refractivity contribution < 1.29 is 0 Å². The largest absolute Gasteiger partial charge is 0.369 e. The Hall–Kier alpha value is -2.36. The van der Waals surface area contributed by atoms with Crippen LogP contribution in [0.4, 0.5) is 0 Å². The molecular weight excluding hydrogens is 212 g/mol. The Kier molecular flexibility index (Phi) is 3.05. The molecule has 0 fully saturated rings. The third kappa shape index (κ3) is 2.60. The SMILES string of the molecule is CC(=NN=C(N)N)c1ccc2ccccc2c1. The lowest BCUT2D eigenvalue weighted by Gasteiger charge is -2.02. The fourth-order valence-corrected chi connectivity index (χ4v) is 1.60. The van der Waals surface area contributed by atoms with E-state index in [0.29, 0.717) is 0 Å². The van der Waals surface area contributed by atoms with E-state index in [1.54, 1.807) is 0 Å². The molecule has 4 heteroatoms. The van der Waals surface area contributed by atoms with Gasteiger partial charge in [-0.1, -0.05) is 36.4 Å². The first-order chi connectivity index (χ1) is 8.16. The predicted molar refractivity (Wildman–Crippen MR) is 72.0 cm³/mol. The van der Waals surface area contributed by atoms with Gasteiger partial charge in [0.15, 0.2) is 0 Å². The van der Waals surface area contributed by atoms with Crippen LogP contribution in [0.25, 0.3) is 10.8 Å². The molecule has 0 heterocycles. The smallest absolute Gasteiger partial charge is 0.211 e. The molecule has 0 atom stereocenters. The van der Waals surface area contributed by atoms with Crippen LogP contribution in [0, 0.1) is 0 Å². The summed E-state index contributed by atoms with van der Waals surface area (Å²) in [7, 11) is 0. The number of hydrogen-bond donors (Lipinski definition) is 2. The standard InChI is InChI=1S/C13H14N4/c1-9(16-17-13(14)15)11-7-6-10-4-2-3-5-12(10)8-11/h2-8H,1H3,(H4,14,15,17). The summed E-state index contributed by atoms with van der Waals surface area (Å²) in [6.45, 7) is 1.87. The number of nitrogens with two attached hydrogens (primary N) is 2. The van der Waals surface area contributed by atoms with Crippen LogP contribution in [0.2, 0.25) is 0 Å². The topological polar surface area (TPSA) is 76.8 Å². The minimum atomic E-state index is -0.0369. The molecule has 0 aliphatic heterocycles. The Morgan fingerprint density at radius 3 is 2.35 bits per heavy atom. The van der Waals surface area contributed by atoms with Gasteiger partial charge in [-0.25, -0.2) is 0 Å². The van der Waals surface area contributed by atoms with Gasteiger partial charge >= 0.3 is 0 Å². The van der Waals surface area contributed by atoms with Crippen LogP contribution < -0.4 is 11.5 Å². The summed E-state index contributed by atoms with van der Waals surface area (Å²) in [4.78, 5) is 0. The van der Waals surface area contributed by atoms with E-state index in [1.807, 2.05) is 25.1 Å². The van der Waals surface area contributed by atoms with Crippen LogP contribution in [-0.2, 0) is 0 Å². The van der Waals surface area contributed by atoms with Crippen LogP contribution in [0.3, 0.4) is 0 Å². The molecule has 0 aliphatic rings. The van der Waals surface area contributed by atoms with E-state index in [9.17, 15) is 0 Å². The Bertz CT molecular complexity index is 595. The lowest BCUT2D eigenvalue weighted by atomic mass is 10.0. The summed E-state index contributed by atoms with van der Waals surface area (Å²) in [5, 5.41) is 9.97. The molecule has 0 radical (unpaired) electrons. The van der Waals surface area contributed by atoms with Gasteiger partial charge in [-0.05, 0) is 29.3 Å². The molecule has 4 N–H and O–H groups in total. The maximum atomic E-state index is 5.23. The van der Waals surface area contributed by atoms with Crippen molar-refractivity contribution in [3.8, 4) is 0 Å². The molecule has 0 amide bonds. The molecule has 0 aliphatic carbocycles. The minimum absolute atomic E-state index is 0.0369. The third-order valence-corrected chi connectivity index (χ3v) is 2.48.